The van der Waals surface area contributed by atoms with Gasteiger partial charge in [-0.3, -0.25) is 24.2 Å². The maximum Gasteiger partial charge on any atom is 0.308 e. The summed E-state index contributed by atoms with van der Waals surface area (Å²) < 4.78 is 58.6. The van der Waals surface area contributed by atoms with E-state index in [9.17, 15) is 23.2 Å². The summed E-state index contributed by atoms with van der Waals surface area (Å²) in [6.45, 7) is 2.93. The maximum atomic E-state index is 15.9. The Morgan fingerprint density at radius 3 is 2.34 bits per heavy atom. The molecule has 0 radical (unpaired) electrons. The van der Waals surface area contributed by atoms with Gasteiger partial charge in [0.05, 0.1) is 34.9 Å². The molecule has 1 aliphatic carbocycles. The third-order valence-corrected chi connectivity index (χ3v) is 10.6. The highest BCUT2D eigenvalue weighted by Crippen LogP contribution is 2.40. The number of aryl methyl sites for hydroxylation is 1. The molecule has 13 heteroatoms. The van der Waals surface area contributed by atoms with Crippen LogP contribution in [-0.2, 0) is 32.5 Å². The van der Waals surface area contributed by atoms with Gasteiger partial charge in [-0.1, -0.05) is 29.8 Å². The van der Waals surface area contributed by atoms with E-state index < -0.39 is 54.6 Å². The average Bonchev–Trinajstić information content (AvgIpc) is 3.75. The number of para-hydroxylation sites is 1. The Bertz CT molecular complexity index is 1730. The van der Waals surface area contributed by atoms with E-state index >= 15 is 4.39 Å². The SMILES string of the molecule is CCOC(=O)C1CCC(OC(C(=O)Cc2cc(Cl)c(NC(=O)c3cn(C)c4ccccc34)cc2F)(N2CCCC2)N2CCC(F)(F)CC2)CC1. The number of nitrogens with one attached hydrogen (secondary N) is 1. The minimum absolute atomic E-state index is 0.00342. The Hall–Kier alpha value is -3.45. The van der Waals surface area contributed by atoms with Crippen LogP contribution in [0.15, 0.2) is 42.6 Å². The molecule has 1 aromatic heterocycles. The maximum absolute atomic E-state index is 15.9. The molecule has 1 unspecified atom stereocenters. The number of rotatable bonds is 11. The van der Waals surface area contributed by atoms with Crippen LogP contribution in [0.2, 0.25) is 5.02 Å². The Morgan fingerprint density at radius 2 is 1.66 bits per heavy atom. The number of benzene rings is 2. The summed E-state index contributed by atoms with van der Waals surface area (Å²) in [6.07, 6.45) is 3.59. The predicted molar refractivity (Wildman–Crippen MR) is 184 cm³/mol. The summed E-state index contributed by atoms with van der Waals surface area (Å²) in [4.78, 5) is 44.0. The van der Waals surface area contributed by atoms with Crippen LogP contribution in [0.3, 0.4) is 0 Å². The summed E-state index contributed by atoms with van der Waals surface area (Å²) in [7, 11) is 1.83. The number of fused-ring (bicyclic) bond motifs is 1. The van der Waals surface area contributed by atoms with E-state index in [2.05, 4.69) is 5.32 Å². The number of likely N-dealkylation sites (tertiary alicyclic amines) is 2. The van der Waals surface area contributed by atoms with Gasteiger partial charge in [-0.25, -0.2) is 13.2 Å². The fraction of sp³-hybridized carbons (Fsp3) is 0.541. The number of ketones is 1. The largest absolute Gasteiger partial charge is 0.466 e. The number of alkyl halides is 2. The summed E-state index contributed by atoms with van der Waals surface area (Å²) in [5.41, 5.74) is 1.31. The molecule has 3 aliphatic rings. The lowest BCUT2D eigenvalue weighted by Gasteiger charge is -2.51. The van der Waals surface area contributed by atoms with Crippen molar-refractivity contribution in [1.29, 1.82) is 0 Å². The van der Waals surface area contributed by atoms with Gasteiger partial charge in [0, 0.05) is 69.6 Å². The second kappa shape index (κ2) is 15.0. The molecule has 1 amide bonds. The topological polar surface area (TPSA) is 93.1 Å². The second-order valence-electron chi connectivity index (χ2n) is 13.6. The van der Waals surface area contributed by atoms with E-state index in [0.717, 1.165) is 29.8 Å². The normalized spacial score (nSPS) is 22.7. The Labute approximate surface area is 295 Å². The van der Waals surface area contributed by atoms with Crippen molar-refractivity contribution in [3.8, 4) is 0 Å². The second-order valence-corrected chi connectivity index (χ2v) is 14.0. The summed E-state index contributed by atoms with van der Waals surface area (Å²) >= 11 is 6.61. The molecule has 270 valence electrons. The van der Waals surface area contributed by atoms with E-state index in [4.69, 9.17) is 21.1 Å². The summed E-state index contributed by atoms with van der Waals surface area (Å²) in [5, 5.41) is 3.48. The van der Waals surface area contributed by atoms with E-state index in [1.807, 2.05) is 40.8 Å². The number of carbonyl (C=O) groups is 3. The third-order valence-electron chi connectivity index (χ3n) is 10.3. The molecule has 1 N–H and O–H groups in total. The van der Waals surface area contributed by atoms with Crippen LogP contribution < -0.4 is 5.32 Å². The zero-order valence-electron chi connectivity index (χ0n) is 28.5. The van der Waals surface area contributed by atoms with E-state index in [1.165, 1.54) is 6.07 Å². The molecule has 6 rings (SSSR count). The quantitative estimate of drug-likeness (QED) is 0.215. The molecule has 50 heavy (non-hydrogen) atoms. The van der Waals surface area contributed by atoms with Crippen molar-refractivity contribution in [1.82, 2.24) is 14.4 Å². The van der Waals surface area contributed by atoms with E-state index in [-0.39, 0.29) is 41.3 Å². The van der Waals surface area contributed by atoms with E-state index in [0.29, 0.717) is 50.9 Å². The number of carbonyl (C=O) groups excluding carboxylic acids is 3. The average molecular weight is 717 g/mol. The fourth-order valence-electron chi connectivity index (χ4n) is 7.65. The number of Topliss-reactive ketones (excluding diaryl/α,β-unsaturated/α-hetero) is 1. The standard InChI is InChI=1S/C37H44ClF3N4O5/c1-3-49-35(48)24-10-12-26(13-11-24)50-37(44-16-6-7-17-44,45-18-14-36(40,41)15-19-45)33(46)21-25-20-29(38)31(22-30(25)39)42-34(47)28-23-43(2)32-9-5-4-8-27(28)32/h4-5,8-9,20,22-24,26H,3,6-7,10-19,21H2,1-2H3,(H,42,47). The smallest absolute Gasteiger partial charge is 0.308 e. The number of hydrogen-bond acceptors (Lipinski definition) is 7. The van der Waals surface area contributed by atoms with Crippen LogP contribution in [0.5, 0.6) is 0 Å². The summed E-state index contributed by atoms with van der Waals surface area (Å²) in [5.74, 6) is -6.76. The van der Waals surface area contributed by atoms with Crippen LogP contribution in [0, 0.1) is 11.7 Å². The number of nitrogens with zero attached hydrogens (tertiary/aromatic N) is 3. The number of aromatic nitrogens is 1. The van der Waals surface area contributed by atoms with Crippen molar-refractivity contribution in [3.05, 3.63) is 64.6 Å². The number of ether oxygens (including phenoxy) is 2. The third kappa shape index (κ3) is 7.44. The first-order chi connectivity index (χ1) is 23.9. The lowest BCUT2D eigenvalue weighted by molar-refractivity contribution is -0.266. The molecule has 3 fully saturated rings. The molecule has 2 aliphatic heterocycles. The van der Waals surface area contributed by atoms with Gasteiger partial charge >= 0.3 is 5.97 Å². The highest BCUT2D eigenvalue weighted by atomic mass is 35.5. The number of hydrogen-bond donors (Lipinski definition) is 1. The highest BCUT2D eigenvalue weighted by molar-refractivity contribution is 6.34. The Balaban J connectivity index is 1.26. The summed E-state index contributed by atoms with van der Waals surface area (Å²) in [6, 6.07) is 9.84. The zero-order valence-corrected chi connectivity index (χ0v) is 29.2. The van der Waals surface area contributed by atoms with Gasteiger partial charge in [0.2, 0.25) is 5.85 Å². The molecule has 0 bridgehead atoms. The van der Waals surface area contributed by atoms with Crippen LogP contribution in [0.1, 0.15) is 74.2 Å². The van der Waals surface area contributed by atoms with Crippen molar-refractivity contribution < 1.29 is 37.0 Å². The van der Waals surface area contributed by atoms with Crippen molar-refractivity contribution in [2.24, 2.45) is 13.0 Å². The Morgan fingerprint density at radius 1 is 1.00 bits per heavy atom. The van der Waals surface area contributed by atoms with Crippen molar-refractivity contribution in [2.45, 2.75) is 82.6 Å². The van der Waals surface area contributed by atoms with Gasteiger partial charge < -0.3 is 19.4 Å². The van der Waals surface area contributed by atoms with Crippen LogP contribution >= 0.6 is 11.6 Å². The number of halogens is 4. The molecule has 2 aromatic carbocycles. The van der Waals surface area contributed by atoms with E-state index in [1.54, 1.807) is 18.0 Å². The van der Waals surface area contributed by atoms with Crippen LogP contribution in [0.25, 0.3) is 10.9 Å². The van der Waals surface area contributed by atoms with Gasteiger partial charge in [0.25, 0.3) is 11.8 Å². The molecule has 1 saturated carbocycles. The van der Waals surface area contributed by atoms with Crippen molar-refractivity contribution >= 4 is 45.9 Å². The first kappa shape index (κ1) is 36.3. The molecule has 9 nitrogen and oxygen atoms in total. The number of esters is 1. The van der Waals surface area contributed by atoms with Crippen molar-refractivity contribution in [3.63, 3.8) is 0 Å². The van der Waals surface area contributed by atoms with Gasteiger partial charge in [0.15, 0.2) is 5.78 Å². The number of piperidine rings is 1. The van der Waals surface area contributed by atoms with Crippen LogP contribution in [-0.4, -0.2) is 82.7 Å². The van der Waals surface area contributed by atoms with Gasteiger partial charge in [-0.05, 0) is 69.2 Å². The fourth-order valence-corrected chi connectivity index (χ4v) is 7.89. The molecule has 3 heterocycles. The molecule has 1 atom stereocenters. The van der Waals surface area contributed by atoms with Gasteiger partial charge in [-0.2, -0.15) is 0 Å². The van der Waals surface area contributed by atoms with Crippen molar-refractivity contribution in [2.75, 3.05) is 38.1 Å². The van der Waals surface area contributed by atoms with Crippen LogP contribution in [0.4, 0.5) is 18.9 Å². The van der Waals surface area contributed by atoms with Gasteiger partial charge in [0.1, 0.15) is 5.82 Å². The molecule has 3 aromatic rings. The first-order valence-corrected chi connectivity index (χ1v) is 17.9. The predicted octanol–water partition coefficient (Wildman–Crippen LogP) is 6.95. The number of anilines is 1. The number of amides is 1. The minimum atomic E-state index is -2.86. The monoisotopic (exact) mass is 716 g/mol. The molecule has 0 spiro atoms. The zero-order chi connectivity index (χ0) is 35.6. The van der Waals surface area contributed by atoms with Gasteiger partial charge in [-0.15, -0.1) is 0 Å². The Kier molecular flexibility index (Phi) is 10.9. The molecule has 2 saturated heterocycles. The minimum Gasteiger partial charge on any atom is -0.466 e. The lowest BCUT2D eigenvalue weighted by Crippen LogP contribution is -2.69. The molecular weight excluding hydrogens is 673 g/mol. The first-order valence-electron chi connectivity index (χ1n) is 17.5. The highest BCUT2D eigenvalue weighted by Gasteiger charge is 2.54. The molecular formula is C37H44ClF3N4O5. The lowest BCUT2D eigenvalue weighted by atomic mass is 9.87.